The van der Waals surface area contributed by atoms with Crippen molar-refractivity contribution < 1.29 is 9.90 Å². The molecule has 1 aliphatic heterocycles. The van der Waals surface area contributed by atoms with Crippen LogP contribution in [0.15, 0.2) is 0 Å². The number of rotatable bonds is 7. The third kappa shape index (κ3) is 5.58. The molecule has 1 atom stereocenters. The van der Waals surface area contributed by atoms with E-state index in [1.165, 1.54) is 0 Å². The number of β-amino-alcohol motifs (C(OH)–C–C–N with tert-alkyl or cyclic N) is 1. The van der Waals surface area contributed by atoms with E-state index in [1.807, 2.05) is 27.8 Å². The molecule has 3 N–H and O–H groups in total. The second-order valence-corrected chi connectivity index (χ2v) is 7.15. The minimum absolute atomic E-state index is 0.00311. The quantitative estimate of drug-likeness (QED) is 0.691. The first-order valence-corrected chi connectivity index (χ1v) is 8.75. The lowest BCUT2D eigenvalue weighted by molar-refractivity contribution is -0.117. The molecule has 1 aromatic heterocycles. The van der Waals surface area contributed by atoms with Gasteiger partial charge in [-0.1, -0.05) is 0 Å². The van der Waals surface area contributed by atoms with Gasteiger partial charge in [-0.05, 0) is 59.7 Å². The summed E-state index contributed by atoms with van der Waals surface area (Å²) in [5, 5.41) is 19.4. The van der Waals surface area contributed by atoms with Crippen LogP contribution in [0, 0.1) is 19.8 Å². The van der Waals surface area contributed by atoms with E-state index in [0.29, 0.717) is 12.5 Å². The van der Waals surface area contributed by atoms with E-state index in [0.717, 1.165) is 56.1 Å². The van der Waals surface area contributed by atoms with Gasteiger partial charge in [0.1, 0.15) is 0 Å². The number of nitrogens with one attached hydrogen (secondary N) is 2. The van der Waals surface area contributed by atoms with Crippen molar-refractivity contribution in [1.29, 1.82) is 0 Å². The minimum atomic E-state index is -0.261. The number of nitrogens with zero attached hydrogens (tertiary/aromatic N) is 3. The van der Waals surface area contributed by atoms with Gasteiger partial charge in [-0.2, -0.15) is 5.10 Å². The first-order chi connectivity index (χ1) is 11.3. The molecule has 1 fully saturated rings. The van der Waals surface area contributed by atoms with Crippen molar-refractivity contribution in [3.8, 4) is 0 Å². The maximum Gasteiger partial charge on any atom is 0.238 e. The fourth-order valence-electron chi connectivity index (χ4n) is 3.39. The van der Waals surface area contributed by atoms with Crippen molar-refractivity contribution in [1.82, 2.24) is 20.0 Å². The van der Waals surface area contributed by atoms with Crippen LogP contribution in [0.3, 0.4) is 0 Å². The van der Waals surface area contributed by atoms with Crippen LogP contribution in [0.5, 0.6) is 0 Å². The van der Waals surface area contributed by atoms with Gasteiger partial charge in [-0.3, -0.25) is 14.8 Å². The van der Waals surface area contributed by atoms with Crippen LogP contribution in [0.2, 0.25) is 0 Å². The van der Waals surface area contributed by atoms with Gasteiger partial charge in [0.25, 0.3) is 0 Å². The zero-order valence-electron chi connectivity index (χ0n) is 15.3. The zero-order chi connectivity index (χ0) is 17.7. The predicted octanol–water partition coefficient (Wildman–Crippen LogP) is 0.990. The Morgan fingerprint density at radius 1 is 1.46 bits per heavy atom. The highest BCUT2D eigenvalue weighted by molar-refractivity contribution is 5.93. The van der Waals surface area contributed by atoms with Gasteiger partial charge >= 0.3 is 0 Å². The van der Waals surface area contributed by atoms with Crippen LogP contribution in [0.25, 0.3) is 0 Å². The van der Waals surface area contributed by atoms with Crippen LogP contribution < -0.4 is 5.32 Å². The molecule has 136 valence electrons. The van der Waals surface area contributed by atoms with Gasteiger partial charge in [-0.25, -0.2) is 0 Å². The van der Waals surface area contributed by atoms with Gasteiger partial charge < -0.3 is 15.3 Å². The van der Waals surface area contributed by atoms with Crippen molar-refractivity contribution >= 4 is 11.6 Å². The van der Waals surface area contributed by atoms with E-state index in [2.05, 4.69) is 25.3 Å². The summed E-state index contributed by atoms with van der Waals surface area (Å²) in [4.78, 5) is 16.6. The number of hydrogen-bond acceptors (Lipinski definition) is 5. The number of aryl methyl sites for hydroxylation is 2. The molecule has 7 heteroatoms. The van der Waals surface area contributed by atoms with Crippen molar-refractivity contribution in [2.75, 3.05) is 45.1 Å². The summed E-state index contributed by atoms with van der Waals surface area (Å²) >= 11 is 0. The fourth-order valence-corrected chi connectivity index (χ4v) is 3.39. The van der Waals surface area contributed by atoms with Crippen molar-refractivity contribution in [2.45, 2.75) is 39.7 Å². The summed E-state index contributed by atoms with van der Waals surface area (Å²) in [6.07, 6.45) is 1.99. The number of amides is 1. The number of piperidine rings is 1. The number of carbonyl (C=O) groups excluding carboxylic acids is 1. The van der Waals surface area contributed by atoms with Gasteiger partial charge in [0.05, 0.1) is 29.7 Å². The molecule has 0 radical (unpaired) electrons. The average molecular weight is 337 g/mol. The highest BCUT2D eigenvalue weighted by Crippen LogP contribution is 2.19. The zero-order valence-corrected chi connectivity index (χ0v) is 15.3. The largest absolute Gasteiger partial charge is 0.392 e. The topological polar surface area (TPSA) is 84.5 Å². The van der Waals surface area contributed by atoms with Crippen molar-refractivity contribution in [2.24, 2.45) is 5.92 Å². The van der Waals surface area contributed by atoms with Gasteiger partial charge in [0.15, 0.2) is 0 Å². The number of aliphatic hydroxyl groups excluding tert-OH is 1. The van der Waals surface area contributed by atoms with E-state index in [9.17, 15) is 9.90 Å². The Morgan fingerprint density at radius 2 is 2.12 bits per heavy atom. The van der Waals surface area contributed by atoms with E-state index in [1.54, 1.807) is 0 Å². The van der Waals surface area contributed by atoms with Gasteiger partial charge in [0, 0.05) is 13.1 Å². The molecule has 0 aromatic carbocycles. The summed E-state index contributed by atoms with van der Waals surface area (Å²) in [7, 11) is 2.00. The Balaban J connectivity index is 1.71. The lowest BCUT2D eigenvalue weighted by atomic mass is 9.96. The molecule has 0 aliphatic carbocycles. The summed E-state index contributed by atoms with van der Waals surface area (Å²) in [5.74, 6) is 0.613. The fraction of sp³-hybridized carbons (Fsp3) is 0.765. The Morgan fingerprint density at radius 3 is 2.67 bits per heavy atom. The second kappa shape index (κ2) is 8.60. The molecular formula is C17H31N5O2. The SMILES string of the molecule is Cc1n[nH]c(C)c1NC(=O)CN(C)CC1CCN(C[C@H](C)O)CC1. The number of H-pyrrole nitrogens is 1. The minimum Gasteiger partial charge on any atom is -0.392 e. The number of anilines is 1. The molecule has 7 nitrogen and oxygen atoms in total. The summed E-state index contributed by atoms with van der Waals surface area (Å²) in [6, 6.07) is 0. The van der Waals surface area contributed by atoms with E-state index in [4.69, 9.17) is 0 Å². The van der Waals surface area contributed by atoms with Crippen LogP contribution in [0.1, 0.15) is 31.2 Å². The molecule has 1 amide bonds. The lowest BCUT2D eigenvalue weighted by Gasteiger charge is -2.34. The number of aliphatic hydroxyl groups is 1. The number of likely N-dealkylation sites (tertiary alicyclic amines) is 1. The standard InChI is InChI=1S/C17H31N5O2/c1-12(23)9-22-7-5-15(6-8-22)10-21(4)11-16(24)18-17-13(2)19-20-14(17)3/h12,15,23H,5-11H2,1-4H3,(H,18,24)(H,19,20)/t12-/m0/s1. The molecule has 0 unspecified atom stereocenters. The van der Waals surface area contributed by atoms with Crippen LogP contribution in [0.4, 0.5) is 5.69 Å². The summed E-state index contributed by atoms with van der Waals surface area (Å²) in [6.45, 7) is 9.75. The molecule has 0 spiro atoms. The monoisotopic (exact) mass is 337 g/mol. The molecule has 0 saturated carbocycles. The maximum absolute atomic E-state index is 12.2. The first kappa shape index (κ1) is 18.9. The van der Waals surface area contributed by atoms with Crippen molar-refractivity contribution in [3.63, 3.8) is 0 Å². The van der Waals surface area contributed by atoms with Crippen LogP contribution >= 0.6 is 0 Å². The maximum atomic E-state index is 12.2. The van der Waals surface area contributed by atoms with Crippen LogP contribution in [-0.4, -0.2) is 76.9 Å². The van der Waals surface area contributed by atoms with E-state index >= 15 is 0 Å². The second-order valence-electron chi connectivity index (χ2n) is 7.15. The third-order valence-electron chi connectivity index (χ3n) is 4.61. The summed E-state index contributed by atoms with van der Waals surface area (Å²) < 4.78 is 0. The van der Waals surface area contributed by atoms with E-state index < -0.39 is 0 Å². The Labute approximate surface area is 144 Å². The highest BCUT2D eigenvalue weighted by Gasteiger charge is 2.22. The predicted molar refractivity (Wildman–Crippen MR) is 95.0 cm³/mol. The normalized spacial score (nSPS) is 18.1. The number of aromatic nitrogens is 2. The van der Waals surface area contributed by atoms with Crippen molar-refractivity contribution in [3.05, 3.63) is 11.4 Å². The third-order valence-corrected chi connectivity index (χ3v) is 4.61. The summed E-state index contributed by atoms with van der Waals surface area (Å²) in [5.41, 5.74) is 2.49. The molecule has 2 heterocycles. The average Bonchev–Trinajstić information content (AvgIpc) is 2.80. The Bertz CT molecular complexity index is 516. The highest BCUT2D eigenvalue weighted by atomic mass is 16.3. The smallest absolute Gasteiger partial charge is 0.238 e. The number of aromatic amines is 1. The molecule has 24 heavy (non-hydrogen) atoms. The molecule has 0 bridgehead atoms. The van der Waals surface area contributed by atoms with Gasteiger partial charge in [0.2, 0.25) is 5.91 Å². The van der Waals surface area contributed by atoms with Gasteiger partial charge in [-0.15, -0.1) is 0 Å². The number of hydrogen-bond donors (Lipinski definition) is 3. The van der Waals surface area contributed by atoms with E-state index in [-0.39, 0.29) is 12.0 Å². The van der Waals surface area contributed by atoms with Crippen LogP contribution in [-0.2, 0) is 4.79 Å². The number of likely N-dealkylation sites (N-methyl/N-ethyl adjacent to an activating group) is 1. The number of carbonyl (C=O) groups is 1. The molecule has 1 aromatic rings. The lowest BCUT2D eigenvalue weighted by Crippen LogP contribution is -2.41. The Hall–Kier alpha value is -1.44. The molecule has 2 rings (SSSR count). The molecular weight excluding hydrogens is 306 g/mol. The first-order valence-electron chi connectivity index (χ1n) is 8.75. The Kier molecular flexibility index (Phi) is 6.77. The molecule has 1 saturated heterocycles. The molecule has 1 aliphatic rings.